The van der Waals surface area contributed by atoms with Crippen molar-refractivity contribution in [1.82, 2.24) is 15.0 Å². The predicted octanol–water partition coefficient (Wildman–Crippen LogP) is 2.13. The van der Waals surface area contributed by atoms with E-state index in [0.29, 0.717) is 17.1 Å². The molecule has 0 aromatic carbocycles. The van der Waals surface area contributed by atoms with E-state index in [1.807, 2.05) is 6.07 Å². The normalized spacial score (nSPS) is 20.6. The van der Waals surface area contributed by atoms with E-state index >= 15 is 0 Å². The van der Waals surface area contributed by atoms with Crippen LogP contribution in [0.2, 0.25) is 0 Å². The monoisotopic (exact) mass is 430 g/mol. The SMILES string of the molecule is COc1cnc2c(Nc3cc(C4CS(=O)(=O)[C@H](C)C(N)=N4)c(F)cn3)nccc2c1. The van der Waals surface area contributed by atoms with Gasteiger partial charge < -0.3 is 15.8 Å². The number of hydrogen-bond donors (Lipinski definition) is 2. The van der Waals surface area contributed by atoms with Gasteiger partial charge in [-0.3, -0.25) is 4.99 Å². The summed E-state index contributed by atoms with van der Waals surface area (Å²) in [6, 6.07) is 4.06. The van der Waals surface area contributed by atoms with E-state index in [9.17, 15) is 12.8 Å². The fourth-order valence-electron chi connectivity index (χ4n) is 3.17. The number of sulfone groups is 1. The number of fused-ring (bicyclic) bond motifs is 1. The van der Waals surface area contributed by atoms with Crippen LogP contribution in [0.4, 0.5) is 16.0 Å². The molecule has 0 spiro atoms. The average Bonchev–Trinajstić information content (AvgIpc) is 2.72. The number of halogens is 1. The highest BCUT2D eigenvalue weighted by Gasteiger charge is 2.35. The van der Waals surface area contributed by atoms with Gasteiger partial charge in [0.2, 0.25) is 0 Å². The maximum Gasteiger partial charge on any atom is 0.162 e. The number of ether oxygens (including phenoxy) is 1. The Labute approximate surface area is 172 Å². The van der Waals surface area contributed by atoms with Crippen molar-refractivity contribution < 1.29 is 17.5 Å². The standard InChI is InChI=1S/C19H19FN6O3S/c1-10-18(21)25-15(9-30(10,27)28)13-6-16(23-8-14(13)20)26-19-17-11(3-4-22-19)5-12(29-2)7-24-17/h3-8,10,15H,9H2,1-2H3,(H2,21,25)(H,22,23,26)/t10-,15?/m1/s1. The molecular formula is C19H19FN6O3S. The van der Waals surface area contributed by atoms with Gasteiger partial charge in [-0.2, -0.15) is 0 Å². The van der Waals surface area contributed by atoms with Crippen LogP contribution in [0.3, 0.4) is 0 Å². The first kappa shape index (κ1) is 20.0. The maximum absolute atomic E-state index is 14.5. The molecule has 11 heteroatoms. The molecule has 0 saturated carbocycles. The summed E-state index contributed by atoms with van der Waals surface area (Å²) >= 11 is 0. The first-order valence-corrected chi connectivity index (χ1v) is 10.8. The van der Waals surface area contributed by atoms with E-state index in [4.69, 9.17) is 10.5 Å². The minimum Gasteiger partial charge on any atom is -0.495 e. The molecule has 156 valence electrons. The molecule has 4 heterocycles. The number of pyridine rings is 3. The van der Waals surface area contributed by atoms with Gasteiger partial charge in [0, 0.05) is 17.1 Å². The van der Waals surface area contributed by atoms with Gasteiger partial charge in [-0.1, -0.05) is 0 Å². The molecule has 3 aromatic heterocycles. The van der Waals surface area contributed by atoms with Crippen molar-refractivity contribution in [3.8, 4) is 5.75 Å². The number of amidine groups is 1. The van der Waals surface area contributed by atoms with Crippen LogP contribution < -0.4 is 15.8 Å². The zero-order valence-corrected chi connectivity index (χ0v) is 17.0. The van der Waals surface area contributed by atoms with E-state index in [1.165, 1.54) is 13.0 Å². The van der Waals surface area contributed by atoms with Crippen LogP contribution >= 0.6 is 0 Å². The number of nitrogens with one attached hydrogen (secondary N) is 1. The Kier molecular flexibility index (Phi) is 4.98. The number of nitrogens with zero attached hydrogens (tertiary/aromatic N) is 4. The fourth-order valence-corrected chi connectivity index (χ4v) is 4.58. The summed E-state index contributed by atoms with van der Waals surface area (Å²) in [5, 5.41) is 2.91. The Morgan fingerprint density at radius 2 is 2.03 bits per heavy atom. The lowest BCUT2D eigenvalue weighted by atomic mass is 10.1. The zero-order valence-electron chi connectivity index (χ0n) is 16.2. The Hall–Kier alpha value is -3.34. The highest BCUT2D eigenvalue weighted by molar-refractivity contribution is 7.92. The van der Waals surface area contributed by atoms with Crippen LogP contribution in [0, 0.1) is 5.82 Å². The van der Waals surface area contributed by atoms with E-state index in [-0.39, 0.29) is 23.0 Å². The van der Waals surface area contributed by atoms with Crippen LogP contribution in [-0.4, -0.2) is 47.3 Å². The van der Waals surface area contributed by atoms with Crippen molar-refractivity contribution >= 4 is 38.2 Å². The highest BCUT2D eigenvalue weighted by Crippen LogP contribution is 2.30. The minimum atomic E-state index is -3.53. The number of methoxy groups -OCH3 is 1. The lowest BCUT2D eigenvalue weighted by molar-refractivity contribution is 0.414. The summed E-state index contributed by atoms with van der Waals surface area (Å²) in [4.78, 5) is 16.8. The number of rotatable bonds is 4. The molecular weight excluding hydrogens is 411 g/mol. The molecule has 0 bridgehead atoms. The van der Waals surface area contributed by atoms with Crippen LogP contribution in [0.1, 0.15) is 18.5 Å². The Morgan fingerprint density at radius 3 is 2.77 bits per heavy atom. The average molecular weight is 430 g/mol. The van der Waals surface area contributed by atoms with Crippen molar-refractivity contribution in [2.24, 2.45) is 10.7 Å². The van der Waals surface area contributed by atoms with Crippen LogP contribution in [-0.2, 0) is 9.84 Å². The van der Waals surface area contributed by atoms with Crippen LogP contribution in [0.15, 0.2) is 41.8 Å². The summed E-state index contributed by atoms with van der Waals surface area (Å²) in [6.07, 6.45) is 4.16. The van der Waals surface area contributed by atoms with Crippen LogP contribution in [0.25, 0.3) is 10.9 Å². The molecule has 0 aliphatic carbocycles. The molecule has 0 saturated heterocycles. The van der Waals surface area contributed by atoms with Crippen molar-refractivity contribution in [3.63, 3.8) is 0 Å². The van der Waals surface area contributed by atoms with E-state index in [2.05, 4.69) is 25.3 Å². The Bertz CT molecular complexity index is 1260. The topological polar surface area (TPSA) is 132 Å². The van der Waals surface area contributed by atoms with Crippen molar-refractivity contribution in [3.05, 3.63) is 48.2 Å². The van der Waals surface area contributed by atoms with Gasteiger partial charge in [0.25, 0.3) is 0 Å². The second-order valence-corrected chi connectivity index (χ2v) is 9.23. The summed E-state index contributed by atoms with van der Waals surface area (Å²) < 4.78 is 44.3. The minimum absolute atomic E-state index is 0.0363. The highest BCUT2D eigenvalue weighted by atomic mass is 32.2. The quantitative estimate of drug-likeness (QED) is 0.643. The molecule has 9 nitrogen and oxygen atoms in total. The van der Waals surface area contributed by atoms with Gasteiger partial charge in [0.05, 0.1) is 31.3 Å². The Morgan fingerprint density at radius 1 is 1.23 bits per heavy atom. The van der Waals surface area contributed by atoms with Crippen molar-refractivity contribution in [1.29, 1.82) is 0 Å². The molecule has 1 aliphatic rings. The molecule has 1 aliphatic heterocycles. The van der Waals surface area contributed by atoms with Gasteiger partial charge in [-0.05, 0) is 25.1 Å². The van der Waals surface area contributed by atoms with Gasteiger partial charge in [0.1, 0.15) is 34.0 Å². The van der Waals surface area contributed by atoms with Crippen molar-refractivity contribution in [2.75, 3.05) is 18.2 Å². The maximum atomic E-state index is 14.5. The van der Waals surface area contributed by atoms with E-state index < -0.39 is 26.9 Å². The molecule has 30 heavy (non-hydrogen) atoms. The molecule has 4 rings (SSSR count). The zero-order chi connectivity index (χ0) is 21.5. The second-order valence-electron chi connectivity index (χ2n) is 6.86. The lowest BCUT2D eigenvalue weighted by Crippen LogP contribution is -2.40. The number of nitrogens with two attached hydrogens (primary N) is 1. The smallest absolute Gasteiger partial charge is 0.162 e. The lowest BCUT2D eigenvalue weighted by Gasteiger charge is -2.24. The number of hydrogen-bond acceptors (Lipinski definition) is 9. The third-order valence-corrected chi connectivity index (χ3v) is 7.05. The molecule has 0 fully saturated rings. The molecule has 2 atom stereocenters. The number of anilines is 2. The largest absolute Gasteiger partial charge is 0.495 e. The number of aliphatic imine (C=N–C) groups is 1. The first-order chi connectivity index (χ1) is 14.3. The third-order valence-electron chi connectivity index (χ3n) is 4.95. The molecule has 3 N–H and O–H groups in total. The van der Waals surface area contributed by atoms with Crippen molar-refractivity contribution in [2.45, 2.75) is 18.2 Å². The summed E-state index contributed by atoms with van der Waals surface area (Å²) in [6.45, 7) is 1.47. The number of aromatic nitrogens is 3. The summed E-state index contributed by atoms with van der Waals surface area (Å²) in [5.74, 6) is 0.252. The Balaban J connectivity index is 1.71. The third kappa shape index (κ3) is 3.63. The van der Waals surface area contributed by atoms with Gasteiger partial charge in [-0.15, -0.1) is 0 Å². The van der Waals surface area contributed by atoms with Gasteiger partial charge in [-0.25, -0.2) is 27.8 Å². The molecule has 1 unspecified atom stereocenters. The second kappa shape index (κ2) is 7.48. The fraction of sp³-hybridized carbons (Fsp3) is 0.263. The summed E-state index contributed by atoms with van der Waals surface area (Å²) in [7, 11) is -1.98. The predicted molar refractivity (Wildman–Crippen MR) is 111 cm³/mol. The van der Waals surface area contributed by atoms with E-state index in [0.717, 1.165) is 11.6 Å². The first-order valence-electron chi connectivity index (χ1n) is 9.04. The molecule has 3 aromatic rings. The molecule has 0 amide bonds. The summed E-state index contributed by atoms with van der Waals surface area (Å²) in [5.41, 5.74) is 6.42. The van der Waals surface area contributed by atoms with E-state index in [1.54, 1.807) is 25.6 Å². The van der Waals surface area contributed by atoms with Gasteiger partial charge in [0.15, 0.2) is 15.7 Å². The molecule has 0 radical (unpaired) electrons. The van der Waals surface area contributed by atoms with Gasteiger partial charge >= 0.3 is 0 Å². The van der Waals surface area contributed by atoms with Crippen LogP contribution in [0.5, 0.6) is 5.75 Å².